The van der Waals surface area contributed by atoms with Gasteiger partial charge in [0.15, 0.2) is 17.3 Å². The van der Waals surface area contributed by atoms with Gasteiger partial charge >= 0.3 is 0 Å². The number of benzene rings is 4. The van der Waals surface area contributed by atoms with Crippen LogP contribution < -0.4 is 16.0 Å². The van der Waals surface area contributed by atoms with Crippen molar-refractivity contribution in [2.75, 3.05) is 16.0 Å². The van der Waals surface area contributed by atoms with Crippen LogP contribution in [0.4, 0.5) is 28.4 Å². The number of hydrogen-bond donors (Lipinski definition) is 3. The number of aryl methyl sites for hydroxylation is 4. The van der Waals surface area contributed by atoms with Crippen LogP contribution in [0.25, 0.3) is 0 Å². The summed E-state index contributed by atoms with van der Waals surface area (Å²) in [5, 5.41) is 9.74. The Morgan fingerprint density at radius 3 is 1.50 bits per heavy atom. The van der Waals surface area contributed by atoms with Crippen LogP contribution in [0.2, 0.25) is 0 Å². The fourth-order valence-electron chi connectivity index (χ4n) is 5.86. The minimum absolute atomic E-state index is 0.0174. The van der Waals surface area contributed by atoms with Crippen molar-refractivity contribution in [2.45, 2.75) is 48.0 Å². The van der Waals surface area contributed by atoms with Gasteiger partial charge in [-0.05, 0) is 99.2 Å². The third-order valence-electron chi connectivity index (χ3n) is 8.21. The summed E-state index contributed by atoms with van der Waals surface area (Å²) in [5.74, 6) is -0.781. The van der Waals surface area contributed by atoms with Gasteiger partial charge in [-0.25, -0.2) is 0 Å². The molecule has 0 bridgehead atoms. The molecule has 3 N–H and O–H groups in total. The second kappa shape index (κ2) is 12.4. The Hall–Kier alpha value is -5.56. The van der Waals surface area contributed by atoms with Gasteiger partial charge in [0.2, 0.25) is 0 Å². The SMILES string of the molecule is C=C(C)C(=O)Cc1cc(C)c(Nc2ccc(Nc3c(C)cc(NC(=O)C(=C)C)cc3C)c3c2C(=O)c2ccccc2C3=O)c(C)c1. The molecule has 7 nitrogen and oxygen atoms in total. The Kier molecular flexibility index (Phi) is 8.62. The lowest BCUT2D eigenvalue weighted by Crippen LogP contribution is -2.23. The predicted octanol–water partition coefficient (Wildman–Crippen LogP) is 8.39. The van der Waals surface area contributed by atoms with Crippen molar-refractivity contribution in [1.82, 2.24) is 0 Å². The molecule has 0 aromatic heterocycles. The highest BCUT2D eigenvalue weighted by molar-refractivity contribution is 6.32. The van der Waals surface area contributed by atoms with Crippen molar-refractivity contribution in [3.8, 4) is 0 Å². The number of carbonyl (C=O) groups is 4. The average molecular weight is 612 g/mol. The molecule has 46 heavy (non-hydrogen) atoms. The minimum Gasteiger partial charge on any atom is -0.354 e. The van der Waals surface area contributed by atoms with Crippen molar-refractivity contribution >= 4 is 51.7 Å². The number of carbonyl (C=O) groups excluding carboxylic acids is 4. The van der Waals surface area contributed by atoms with Gasteiger partial charge in [0.25, 0.3) is 5.91 Å². The molecule has 1 aliphatic carbocycles. The number of hydrogen-bond acceptors (Lipinski definition) is 6. The lowest BCUT2D eigenvalue weighted by atomic mass is 9.82. The second-order valence-corrected chi connectivity index (χ2v) is 12.1. The third kappa shape index (κ3) is 6.04. The summed E-state index contributed by atoms with van der Waals surface area (Å²) >= 11 is 0. The van der Waals surface area contributed by atoms with Crippen LogP contribution in [0.1, 0.15) is 73.5 Å². The zero-order valence-electron chi connectivity index (χ0n) is 27.0. The van der Waals surface area contributed by atoms with Crippen molar-refractivity contribution in [3.05, 3.63) is 135 Å². The monoisotopic (exact) mass is 611 g/mol. The number of nitrogens with one attached hydrogen (secondary N) is 3. The first-order valence-corrected chi connectivity index (χ1v) is 15.0. The average Bonchev–Trinajstić information content (AvgIpc) is 2.99. The van der Waals surface area contributed by atoms with Gasteiger partial charge in [-0.2, -0.15) is 0 Å². The lowest BCUT2D eigenvalue weighted by molar-refractivity contribution is -0.115. The van der Waals surface area contributed by atoms with Crippen LogP contribution in [0.5, 0.6) is 0 Å². The molecule has 4 aromatic rings. The minimum atomic E-state index is -0.264. The highest BCUT2D eigenvalue weighted by Gasteiger charge is 2.34. The fraction of sp³-hybridized carbons (Fsp3) is 0.179. The van der Waals surface area contributed by atoms with Crippen LogP contribution >= 0.6 is 0 Å². The highest BCUT2D eigenvalue weighted by Crippen LogP contribution is 2.40. The van der Waals surface area contributed by atoms with E-state index in [0.29, 0.717) is 39.3 Å². The summed E-state index contributed by atoms with van der Waals surface area (Å²) in [6.45, 7) is 18.5. The quantitative estimate of drug-likeness (QED) is 0.145. The second-order valence-electron chi connectivity index (χ2n) is 12.1. The van der Waals surface area contributed by atoms with E-state index in [9.17, 15) is 19.2 Å². The Morgan fingerprint density at radius 1 is 0.652 bits per heavy atom. The molecule has 1 aliphatic rings. The van der Waals surface area contributed by atoms with E-state index >= 15 is 0 Å². The molecular weight excluding hydrogens is 574 g/mol. The first kappa shape index (κ1) is 31.9. The highest BCUT2D eigenvalue weighted by atomic mass is 16.2. The van der Waals surface area contributed by atoms with Crippen LogP contribution in [-0.4, -0.2) is 23.3 Å². The van der Waals surface area contributed by atoms with Crippen molar-refractivity contribution in [3.63, 3.8) is 0 Å². The summed E-state index contributed by atoms with van der Waals surface area (Å²) in [4.78, 5) is 52.7. The number of allylic oxidation sites excluding steroid dienone is 1. The molecule has 0 saturated carbocycles. The molecule has 0 saturated heterocycles. The third-order valence-corrected chi connectivity index (χ3v) is 8.21. The summed E-state index contributed by atoms with van der Waals surface area (Å²) in [5.41, 5.74) is 9.78. The van der Waals surface area contributed by atoms with Crippen molar-refractivity contribution < 1.29 is 19.2 Å². The molecule has 0 spiro atoms. The molecule has 4 aromatic carbocycles. The molecule has 0 aliphatic heterocycles. The van der Waals surface area contributed by atoms with Crippen LogP contribution in [-0.2, 0) is 16.0 Å². The largest absolute Gasteiger partial charge is 0.354 e. The first-order chi connectivity index (χ1) is 21.8. The normalized spacial score (nSPS) is 11.8. The molecule has 5 rings (SSSR count). The maximum absolute atomic E-state index is 14.1. The molecular formula is C39H37N3O4. The van der Waals surface area contributed by atoms with E-state index in [1.165, 1.54) is 0 Å². The van der Waals surface area contributed by atoms with Gasteiger partial charge in [0.05, 0.1) is 22.5 Å². The zero-order valence-corrected chi connectivity index (χ0v) is 27.0. The molecule has 7 heteroatoms. The molecule has 1 amide bonds. The van der Waals surface area contributed by atoms with E-state index in [-0.39, 0.29) is 40.8 Å². The van der Waals surface area contributed by atoms with Gasteiger partial charge < -0.3 is 16.0 Å². The zero-order chi connectivity index (χ0) is 33.4. The van der Waals surface area contributed by atoms with Gasteiger partial charge in [-0.15, -0.1) is 0 Å². The molecule has 0 atom stereocenters. The Bertz CT molecular complexity index is 1830. The summed E-state index contributed by atoms with van der Waals surface area (Å²) in [6.07, 6.45) is 0.261. The topological polar surface area (TPSA) is 104 Å². The Morgan fingerprint density at radius 2 is 1.09 bits per heavy atom. The predicted molar refractivity (Wildman–Crippen MR) is 185 cm³/mol. The standard InChI is InChI=1S/C39H37N3O4/c1-20(2)32(43)19-26-15-22(5)35(23(6)16-26)41-30-13-14-31(34-33(30)37(44)28-11-9-10-12-29(28)38(34)45)42-36-24(7)17-27(18-25(36)8)40-39(46)21(3)4/h9-18,41-42H,1,3,19H2,2,4-8H3,(H,40,46). The Labute approximate surface area is 269 Å². The number of Topliss-reactive ketones (excluding diaryl/α,β-unsaturated/α-hetero) is 1. The number of amides is 1. The van der Waals surface area contributed by atoms with E-state index in [2.05, 4.69) is 29.1 Å². The van der Waals surface area contributed by atoms with Crippen LogP contribution in [0.3, 0.4) is 0 Å². The Balaban J connectivity index is 1.59. The first-order valence-electron chi connectivity index (χ1n) is 15.0. The van der Waals surface area contributed by atoms with E-state index in [4.69, 9.17) is 0 Å². The fourth-order valence-corrected chi connectivity index (χ4v) is 5.86. The van der Waals surface area contributed by atoms with E-state index in [0.717, 1.165) is 39.2 Å². The number of anilines is 5. The lowest BCUT2D eigenvalue weighted by Gasteiger charge is -2.25. The number of rotatable bonds is 9. The van der Waals surface area contributed by atoms with Gasteiger partial charge in [-0.1, -0.05) is 49.6 Å². The molecule has 0 radical (unpaired) electrons. The summed E-state index contributed by atoms with van der Waals surface area (Å²) in [6, 6.07) is 18.1. The molecule has 0 fully saturated rings. The molecule has 232 valence electrons. The van der Waals surface area contributed by atoms with Gasteiger partial charge in [-0.3, -0.25) is 19.2 Å². The number of fused-ring (bicyclic) bond motifs is 2. The molecule has 0 heterocycles. The molecule has 0 unspecified atom stereocenters. The van der Waals surface area contributed by atoms with Crippen LogP contribution in [0.15, 0.2) is 85.0 Å². The maximum Gasteiger partial charge on any atom is 0.250 e. The van der Waals surface area contributed by atoms with Crippen molar-refractivity contribution in [2.24, 2.45) is 0 Å². The number of ketones is 3. The van der Waals surface area contributed by atoms with E-state index < -0.39 is 0 Å². The smallest absolute Gasteiger partial charge is 0.250 e. The van der Waals surface area contributed by atoms with E-state index in [1.54, 1.807) is 44.2 Å². The van der Waals surface area contributed by atoms with Crippen molar-refractivity contribution in [1.29, 1.82) is 0 Å². The van der Waals surface area contributed by atoms with Gasteiger partial charge in [0.1, 0.15) is 0 Å². The van der Waals surface area contributed by atoms with E-state index in [1.807, 2.05) is 58.0 Å². The van der Waals surface area contributed by atoms with Crippen LogP contribution in [0, 0.1) is 27.7 Å². The summed E-state index contributed by atoms with van der Waals surface area (Å²) in [7, 11) is 0. The maximum atomic E-state index is 14.1. The van der Waals surface area contributed by atoms with Gasteiger partial charge in [0, 0.05) is 40.2 Å². The summed E-state index contributed by atoms with van der Waals surface area (Å²) < 4.78 is 0.